The van der Waals surface area contributed by atoms with E-state index in [0.717, 1.165) is 6.42 Å². The Kier molecular flexibility index (Phi) is 7.39. The van der Waals surface area contributed by atoms with Crippen molar-refractivity contribution in [3.8, 4) is 0 Å². The highest BCUT2D eigenvalue weighted by molar-refractivity contribution is 7.89. The van der Waals surface area contributed by atoms with Crippen molar-refractivity contribution in [3.63, 3.8) is 0 Å². The fourth-order valence-electron chi connectivity index (χ4n) is 5.54. The van der Waals surface area contributed by atoms with E-state index in [1.54, 1.807) is 18.7 Å². The van der Waals surface area contributed by atoms with Gasteiger partial charge in [0.05, 0.1) is 15.7 Å². The molecule has 3 fully saturated rings. The largest absolute Gasteiger partial charge is 0.465 e. The van der Waals surface area contributed by atoms with Crippen LogP contribution in [0.25, 0.3) is 0 Å². The van der Waals surface area contributed by atoms with Gasteiger partial charge < -0.3 is 14.9 Å². The van der Waals surface area contributed by atoms with Gasteiger partial charge in [-0.05, 0) is 43.5 Å². The minimum atomic E-state index is -3.89. The maximum atomic E-state index is 13.3. The Morgan fingerprint density at radius 3 is 2.11 bits per heavy atom. The van der Waals surface area contributed by atoms with E-state index in [4.69, 9.17) is 0 Å². The summed E-state index contributed by atoms with van der Waals surface area (Å²) in [4.78, 5) is 27.5. The number of carboxylic acid groups (broad SMARTS) is 1. The van der Waals surface area contributed by atoms with Crippen LogP contribution in [0.1, 0.15) is 33.1 Å². The Balaban J connectivity index is 1.41. The van der Waals surface area contributed by atoms with Gasteiger partial charge in [-0.3, -0.25) is 4.79 Å². The lowest BCUT2D eigenvalue weighted by atomic mass is 9.78. The number of carbonyl (C=O) groups excluding carboxylic acids is 1. The number of amides is 2. The fraction of sp³-hybridized carbons (Fsp3) is 0.652. The number of nitrogens with zero attached hydrogens (tertiary/aromatic N) is 4. The molecule has 1 atom stereocenters. The molecule has 200 valence electrons. The zero-order valence-electron chi connectivity index (χ0n) is 20.7. The lowest BCUT2D eigenvalue weighted by Crippen LogP contribution is -2.61. The summed E-state index contributed by atoms with van der Waals surface area (Å²) in [6, 6.07) is 5.25. The van der Waals surface area contributed by atoms with Crippen molar-refractivity contribution < 1.29 is 31.5 Å². The average molecular weight is 543 g/mol. The van der Waals surface area contributed by atoms with Gasteiger partial charge in [-0.15, -0.1) is 0 Å². The lowest BCUT2D eigenvalue weighted by Gasteiger charge is -2.49. The van der Waals surface area contributed by atoms with E-state index in [2.05, 4.69) is 0 Å². The van der Waals surface area contributed by atoms with Gasteiger partial charge in [-0.25, -0.2) is 21.6 Å². The molecule has 1 aromatic rings. The summed E-state index contributed by atoms with van der Waals surface area (Å²) >= 11 is 0. The van der Waals surface area contributed by atoms with Crippen molar-refractivity contribution in [2.75, 3.05) is 52.4 Å². The van der Waals surface area contributed by atoms with Gasteiger partial charge >= 0.3 is 6.09 Å². The molecule has 0 aliphatic carbocycles. The number of likely N-dealkylation sites (tertiary alicyclic amines) is 2. The van der Waals surface area contributed by atoms with E-state index < -0.39 is 32.1 Å². The Morgan fingerprint density at radius 1 is 0.972 bits per heavy atom. The fourth-order valence-corrected chi connectivity index (χ4v) is 8.52. The predicted molar refractivity (Wildman–Crippen MR) is 131 cm³/mol. The summed E-state index contributed by atoms with van der Waals surface area (Å²) in [5, 5.41) is 9.20. The van der Waals surface area contributed by atoms with E-state index in [1.165, 1.54) is 37.8 Å². The first-order valence-corrected chi connectivity index (χ1v) is 15.2. The van der Waals surface area contributed by atoms with Crippen LogP contribution in [0.15, 0.2) is 34.1 Å². The predicted octanol–water partition coefficient (Wildman–Crippen LogP) is 1.33. The number of hydrogen-bond donors (Lipinski definition) is 1. The number of hydrogen-bond acceptors (Lipinski definition) is 6. The normalized spacial score (nSPS) is 22.7. The quantitative estimate of drug-likeness (QED) is 0.549. The Hall–Kier alpha value is -2.22. The van der Waals surface area contributed by atoms with Crippen molar-refractivity contribution in [2.45, 2.75) is 42.9 Å². The highest BCUT2D eigenvalue weighted by Gasteiger charge is 2.51. The van der Waals surface area contributed by atoms with Crippen molar-refractivity contribution in [1.29, 1.82) is 0 Å². The molecule has 1 N–H and O–H groups in total. The van der Waals surface area contributed by atoms with Gasteiger partial charge in [-0.2, -0.15) is 8.61 Å². The maximum absolute atomic E-state index is 13.3. The maximum Gasteiger partial charge on any atom is 0.407 e. The number of piperidine rings is 1. The Labute approximate surface area is 212 Å². The molecule has 0 bridgehead atoms. The number of sulfonamides is 2. The molecule has 2 amide bonds. The van der Waals surface area contributed by atoms with E-state index in [9.17, 15) is 31.5 Å². The molecule has 0 radical (unpaired) electrons. The van der Waals surface area contributed by atoms with Crippen molar-refractivity contribution >= 4 is 32.0 Å². The van der Waals surface area contributed by atoms with Crippen molar-refractivity contribution in [1.82, 2.24) is 18.4 Å². The molecule has 0 aromatic heterocycles. The van der Waals surface area contributed by atoms with E-state index in [-0.39, 0.29) is 27.7 Å². The molecular formula is C23H34N4O7S2. The second kappa shape index (κ2) is 9.92. The first kappa shape index (κ1) is 26.8. The lowest BCUT2D eigenvalue weighted by molar-refractivity contribution is -0.148. The average Bonchev–Trinajstić information content (AvgIpc) is 3.30. The van der Waals surface area contributed by atoms with Crippen molar-refractivity contribution in [2.24, 2.45) is 11.3 Å². The minimum absolute atomic E-state index is 0.00304. The van der Waals surface area contributed by atoms with Gasteiger partial charge in [0.25, 0.3) is 0 Å². The second-order valence-electron chi connectivity index (χ2n) is 9.91. The molecule has 3 heterocycles. The van der Waals surface area contributed by atoms with Gasteiger partial charge in [-0.1, -0.05) is 13.8 Å². The summed E-state index contributed by atoms with van der Waals surface area (Å²) in [7, 11) is -7.59. The number of benzene rings is 1. The molecule has 3 aliphatic heterocycles. The highest BCUT2D eigenvalue weighted by Crippen LogP contribution is 2.41. The van der Waals surface area contributed by atoms with Crippen molar-refractivity contribution in [3.05, 3.63) is 24.3 Å². The summed E-state index contributed by atoms with van der Waals surface area (Å²) in [6.45, 7) is 6.39. The van der Waals surface area contributed by atoms with Gasteiger partial charge in [0.1, 0.15) is 0 Å². The molecule has 3 aliphatic rings. The third kappa shape index (κ3) is 4.85. The van der Waals surface area contributed by atoms with Crippen LogP contribution >= 0.6 is 0 Å². The third-order valence-electron chi connectivity index (χ3n) is 7.61. The molecule has 1 aromatic carbocycles. The van der Waals surface area contributed by atoms with Gasteiger partial charge in [0.15, 0.2) is 0 Å². The molecule has 0 saturated carbocycles. The van der Waals surface area contributed by atoms with Crippen LogP contribution in [-0.4, -0.2) is 105 Å². The first-order chi connectivity index (χ1) is 16.9. The highest BCUT2D eigenvalue weighted by atomic mass is 32.2. The number of rotatable bonds is 7. The topological polar surface area (TPSA) is 136 Å². The van der Waals surface area contributed by atoms with Crippen LogP contribution in [0, 0.1) is 11.3 Å². The SMILES string of the molecule is CCN(CC)S(=O)(=O)c1ccc(S(=O)(=O)N2CCC[C@@H](C(=O)N3CC4(CCN(C(=O)O)C4)C3)C2)cc1. The molecule has 13 heteroatoms. The number of carbonyl (C=O) groups is 2. The van der Waals surface area contributed by atoms with E-state index in [1.807, 2.05) is 0 Å². The molecule has 36 heavy (non-hydrogen) atoms. The third-order valence-corrected chi connectivity index (χ3v) is 11.6. The molecule has 11 nitrogen and oxygen atoms in total. The van der Waals surface area contributed by atoms with Crippen LogP contribution in [0.3, 0.4) is 0 Å². The van der Waals surface area contributed by atoms with Crippen LogP contribution in [0.5, 0.6) is 0 Å². The van der Waals surface area contributed by atoms with Crippen LogP contribution in [0.2, 0.25) is 0 Å². The molecule has 3 saturated heterocycles. The van der Waals surface area contributed by atoms with E-state index in [0.29, 0.717) is 58.7 Å². The molecular weight excluding hydrogens is 508 g/mol. The minimum Gasteiger partial charge on any atom is -0.465 e. The molecule has 4 rings (SSSR count). The summed E-state index contributed by atoms with van der Waals surface area (Å²) < 4.78 is 54.6. The van der Waals surface area contributed by atoms with E-state index >= 15 is 0 Å². The monoisotopic (exact) mass is 542 g/mol. The Bertz CT molecular complexity index is 1210. The zero-order chi connectivity index (χ0) is 26.3. The first-order valence-electron chi connectivity index (χ1n) is 12.3. The van der Waals surface area contributed by atoms with Gasteiger partial charge in [0, 0.05) is 57.8 Å². The summed E-state index contributed by atoms with van der Waals surface area (Å²) in [5.74, 6) is -0.542. The molecule has 0 unspecified atom stereocenters. The van der Waals surface area contributed by atoms with Gasteiger partial charge in [0.2, 0.25) is 26.0 Å². The smallest absolute Gasteiger partial charge is 0.407 e. The summed E-state index contributed by atoms with van der Waals surface area (Å²) in [6.07, 6.45) is 0.934. The zero-order valence-corrected chi connectivity index (χ0v) is 22.3. The van der Waals surface area contributed by atoms with Crippen LogP contribution in [-0.2, 0) is 24.8 Å². The Morgan fingerprint density at radius 2 is 1.56 bits per heavy atom. The summed E-state index contributed by atoms with van der Waals surface area (Å²) in [5.41, 5.74) is -0.179. The second-order valence-corrected chi connectivity index (χ2v) is 13.8. The van der Waals surface area contributed by atoms with Crippen LogP contribution < -0.4 is 0 Å². The van der Waals surface area contributed by atoms with Crippen LogP contribution in [0.4, 0.5) is 4.79 Å². The molecule has 1 spiro atoms. The standard InChI is InChI=1S/C23H34N4O7S2/c1-3-26(4-2)35(31,32)19-7-9-20(10-8-19)36(33,34)27-12-5-6-18(14-27)21(28)25-16-23(17-25)11-13-24(15-23)22(29)30/h7-10,18H,3-6,11-17H2,1-2H3,(H,29,30)/t18-/m1/s1.